The molecule has 0 atom stereocenters. The predicted octanol–water partition coefficient (Wildman–Crippen LogP) is 16.5. The van der Waals surface area contributed by atoms with Crippen LogP contribution in [0.2, 0.25) is 0 Å². The van der Waals surface area contributed by atoms with Crippen LogP contribution in [0.15, 0.2) is 241 Å². The van der Waals surface area contributed by atoms with E-state index in [-0.39, 0.29) is 0 Å². The topological polar surface area (TPSA) is 16.4 Å². The summed E-state index contributed by atoms with van der Waals surface area (Å²) in [6.45, 7) is 0. The zero-order valence-corrected chi connectivity index (χ0v) is 32.9. The Bertz CT molecular complexity index is 3230. The average Bonchev–Trinajstić information content (AvgIpc) is 3.71. The van der Waals surface area contributed by atoms with Gasteiger partial charge in [-0.3, -0.25) is 0 Å². The van der Waals surface area contributed by atoms with E-state index in [1.807, 2.05) is 12.1 Å². The minimum atomic E-state index is 0.897. The molecule has 11 aromatic rings. The second-order valence-electron chi connectivity index (χ2n) is 15.3. The van der Waals surface area contributed by atoms with Gasteiger partial charge in [-0.25, -0.2) is 0 Å². The number of furan rings is 1. The number of hydrogen-bond acceptors (Lipinski definition) is 2. The Morgan fingerprint density at radius 1 is 0.250 bits per heavy atom. The van der Waals surface area contributed by atoms with Gasteiger partial charge in [0.05, 0.1) is 0 Å². The van der Waals surface area contributed by atoms with Crippen molar-refractivity contribution in [3.8, 4) is 55.6 Å². The fourth-order valence-electron chi connectivity index (χ4n) is 8.64. The van der Waals surface area contributed by atoms with Crippen molar-refractivity contribution in [2.75, 3.05) is 4.90 Å². The second-order valence-corrected chi connectivity index (χ2v) is 15.3. The second kappa shape index (κ2) is 15.1. The number of hydrogen-bond donors (Lipinski definition) is 0. The van der Waals surface area contributed by atoms with Gasteiger partial charge >= 0.3 is 0 Å². The molecule has 0 unspecified atom stereocenters. The molecule has 11 rings (SSSR count). The van der Waals surface area contributed by atoms with Gasteiger partial charge in [-0.05, 0) is 139 Å². The lowest BCUT2D eigenvalue weighted by Gasteiger charge is -2.26. The molecular weight excluding hydrogens is 727 g/mol. The summed E-state index contributed by atoms with van der Waals surface area (Å²) in [6.07, 6.45) is 0. The largest absolute Gasteiger partial charge is 0.456 e. The van der Waals surface area contributed by atoms with E-state index in [2.05, 4.69) is 229 Å². The van der Waals surface area contributed by atoms with Gasteiger partial charge in [0, 0.05) is 27.8 Å². The zero-order chi connectivity index (χ0) is 39.8. The highest BCUT2D eigenvalue weighted by Crippen LogP contribution is 2.41. The maximum Gasteiger partial charge on any atom is 0.135 e. The molecule has 10 aromatic carbocycles. The van der Waals surface area contributed by atoms with Crippen LogP contribution in [0.1, 0.15) is 0 Å². The Kier molecular flexibility index (Phi) is 8.87. The highest BCUT2D eigenvalue weighted by atomic mass is 16.3. The first-order valence-electron chi connectivity index (χ1n) is 20.5. The molecular formula is C58H39NO. The third kappa shape index (κ3) is 6.61. The molecule has 0 spiro atoms. The Morgan fingerprint density at radius 2 is 0.733 bits per heavy atom. The third-order valence-corrected chi connectivity index (χ3v) is 11.6. The lowest BCUT2D eigenvalue weighted by atomic mass is 9.93. The fraction of sp³-hybridized carbons (Fsp3) is 0. The van der Waals surface area contributed by atoms with Crippen LogP contribution in [0.3, 0.4) is 0 Å². The minimum Gasteiger partial charge on any atom is -0.456 e. The van der Waals surface area contributed by atoms with Gasteiger partial charge in [-0.1, -0.05) is 164 Å². The monoisotopic (exact) mass is 765 g/mol. The Morgan fingerprint density at radius 3 is 1.42 bits per heavy atom. The van der Waals surface area contributed by atoms with E-state index < -0.39 is 0 Å². The predicted molar refractivity (Wildman–Crippen MR) is 253 cm³/mol. The Hall–Kier alpha value is -7.94. The molecule has 60 heavy (non-hydrogen) atoms. The smallest absolute Gasteiger partial charge is 0.135 e. The van der Waals surface area contributed by atoms with E-state index in [0.29, 0.717) is 0 Å². The first-order chi connectivity index (χ1) is 29.7. The molecule has 0 aliphatic carbocycles. The van der Waals surface area contributed by atoms with E-state index in [0.717, 1.165) is 55.7 Å². The Labute approximate surface area is 349 Å². The van der Waals surface area contributed by atoms with E-state index >= 15 is 0 Å². The van der Waals surface area contributed by atoms with Gasteiger partial charge in [0.25, 0.3) is 0 Å². The number of para-hydroxylation sites is 1. The van der Waals surface area contributed by atoms with Crippen LogP contribution in [0.25, 0.3) is 88.3 Å². The molecule has 0 aliphatic rings. The SMILES string of the molecule is c1ccc(-c2cc(-c3ccccc3)cc(-c3ccc(N(c4ccc(-c5cccc6ccccc56)cc4)c4cccc(-c5ccc6oc7ccccc7c6c5)c4)cc3)c2)cc1. The highest BCUT2D eigenvalue weighted by Gasteiger charge is 2.16. The summed E-state index contributed by atoms with van der Waals surface area (Å²) >= 11 is 0. The quantitative estimate of drug-likeness (QED) is 0.153. The summed E-state index contributed by atoms with van der Waals surface area (Å²) in [5.74, 6) is 0. The minimum absolute atomic E-state index is 0.897. The van der Waals surface area contributed by atoms with Crippen molar-refractivity contribution >= 4 is 49.8 Å². The van der Waals surface area contributed by atoms with Crippen LogP contribution >= 0.6 is 0 Å². The molecule has 282 valence electrons. The van der Waals surface area contributed by atoms with Crippen LogP contribution in [-0.4, -0.2) is 0 Å². The third-order valence-electron chi connectivity index (χ3n) is 11.6. The molecule has 2 heteroatoms. The van der Waals surface area contributed by atoms with Crippen LogP contribution in [0, 0.1) is 0 Å². The lowest BCUT2D eigenvalue weighted by molar-refractivity contribution is 0.669. The van der Waals surface area contributed by atoms with Crippen LogP contribution < -0.4 is 4.90 Å². The fourth-order valence-corrected chi connectivity index (χ4v) is 8.64. The molecule has 0 saturated heterocycles. The van der Waals surface area contributed by atoms with Gasteiger partial charge < -0.3 is 9.32 Å². The summed E-state index contributed by atoms with van der Waals surface area (Å²) in [4.78, 5) is 2.36. The highest BCUT2D eigenvalue weighted by molar-refractivity contribution is 6.06. The van der Waals surface area contributed by atoms with E-state index in [1.54, 1.807) is 0 Å². The van der Waals surface area contributed by atoms with Crippen molar-refractivity contribution in [1.29, 1.82) is 0 Å². The average molecular weight is 766 g/mol. The van der Waals surface area contributed by atoms with Crippen molar-refractivity contribution in [1.82, 2.24) is 0 Å². The van der Waals surface area contributed by atoms with Crippen LogP contribution in [0.5, 0.6) is 0 Å². The summed E-state index contributed by atoms with van der Waals surface area (Å²) in [6, 6.07) is 85.0. The maximum absolute atomic E-state index is 6.18. The molecule has 0 aliphatic heterocycles. The van der Waals surface area contributed by atoms with E-state index in [4.69, 9.17) is 4.42 Å². The normalized spacial score (nSPS) is 11.3. The van der Waals surface area contributed by atoms with Crippen LogP contribution in [-0.2, 0) is 0 Å². The van der Waals surface area contributed by atoms with E-state index in [9.17, 15) is 0 Å². The summed E-state index contributed by atoms with van der Waals surface area (Å²) in [5, 5.41) is 4.74. The van der Waals surface area contributed by atoms with Crippen molar-refractivity contribution in [2.24, 2.45) is 0 Å². The standard InChI is InChI=1S/C58H39NO/c1-3-13-40(14-4-1)47-35-48(41-15-5-2-6-16-41)37-49(36-47)42-25-30-50(31-26-42)59(51-32-27-44(28-33-51)54-23-12-18-43-17-7-8-21-53(43)54)52-20-11-19-45(38-52)46-29-34-58-56(39-46)55-22-9-10-24-57(55)60-58/h1-39H. The summed E-state index contributed by atoms with van der Waals surface area (Å²) in [7, 11) is 0. The van der Waals surface area contributed by atoms with Crippen molar-refractivity contribution in [3.05, 3.63) is 237 Å². The first kappa shape index (κ1) is 35.2. The molecule has 0 radical (unpaired) electrons. The first-order valence-corrected chi connectivity index (χ1v) is 20.5. The molecule has 0 fully saturated rings. The van der Waals surface area contributed by atoms with Gasteiger partial charge in [0.2, 0.25) is 0 Å². The van der Waals surface area contributed by atoms with Gasteiger partial charge in [-0.2, -0.15) is 0 Å². The number of anilines is 3. The van der Waals surface area contributed by atoms with Crippen molar-refractivity contribution in [3.63, 3.8) is 0 Å². The molecule has 1 aromatic heterocycles. The van der Waals surface area contributed by atoms with Crippen LogP contribution in [0.4, 0.5) is 17.1 Å². The van der Waals surface area contributed by atoms with Gasteiger partial charge in [0.1, 0.15) is 11.2 Å². The molecule has 1 heterocycles. The van der Waals surface area contributed by atoms with Gasteiger partial charge in [0.15, 0.2) is 0 Å². The molecule has 0 bridgehead atoms. The molecule has 0 N–H and O–H groups in total. The van der Waals surface area contributed by atoms with E-state index in [1.165, 1.54) is 49.7 Å². The molecule has 2 nitrogen and oxygen atoms in total. The summed E-state index contributed by atoms with van der Waals surface area (Å²) in [5.41, 5.74) is 16.9. The Balaban J connectivity index is 1.01. The summed E-state index contributed by atoms with van der Waals surface area (Å²) < 4.78 is 6.18. The van der Waals surface area contributed by atoms with Crippen molar-refractivity contribution < 1.29 is 4.42 Å². The lowest BCUT2D eigenvalue weighted by Crippen LogP contribution is -2.10. The number of nitrogens with zero attached hydrogens (tertiary/aromatic N) is 1. The molecule has 0 saturated carbocycles. The van der Waals surface area contributed by atoms with Crippen molar-refractivity contribution in [2.45, 2.75) is 0 Å². The maximum atomic E-state index is 6.18. The number of fused-ring (bicyclic) bond motifs is 4. The zero-order valence-electron chi connectivity index (χ0n) is 32.9. The number of rotatable bonds is 8. The number of benzene rings is 10. The van der Waals surface area contributed by atoms with Gasteiger partial charge in [-0.15, -0.1) is 0 Å². The molecule has 0 amide bonds.